The van der Waals surface area contributed by atoms with Gasteiger partial charge in [0.15, 0.2) is 0 Å². The molecule has 17 heavy (non-hydrogen) atoms. The maximum absolute atomic E-state index is 5.32. The normalized spacial score (nSPS) is 21.7. The lowest BCUT2D eigenvalue weighted by Gasteiger charge is -2.13. The monoisotopic (exact) mass is 235 g/mol. The zero-order valence-corrected chi connectivity index (χ0v) is 10.4. The van der Waals surface area contributed by atoms with Crippen molar-refractivity contribution >= 4 is 0 Å². The smallest absolute Gasteiger partial charge is 0.140 e. The molecule has 94 valence electrons. The summed E-state index contributed by atoms with van der Waals surface area (Å²) in [7, 11) is 0. The molecule has 1 heterocycles. The Morgan fingerprint density at radius 2 is 2.24 bits per heavy atom. The Balaban J connectivity index is 1.39. The molecule has 0 amide bonds. The first-order valence-corrected chi connectivity index (χ1v) is 6.73. The third-order valence-corrected chi connectivity index (χ3v) is 3.48. The molecule has 0 aromatic carbocycles. The Bertz CT molecular complexity index is 368. The van der Waals surface area contributed by atoms with Crippen molar-refractivity contribution in [2.75, 3.05) is 6.54 Å². The van der Waals surface area contributed by atoms with Gasteiger partial charge in [0.1, 0.15) is 5.76 Å². The van der Waals surface area contributed by atoms with E-state index in [-0.39, 0.29) is 0 Å². The zero-order chi connectivity index (χ0) is 11.7. The average Bonchev–Trinajstić information content (AvgIpc) is 3.24. The van der Waals surface area contributed by atoms with Crippen LogP contribution in [0.5, 0.6) is 0 Å². The molecule has 1 atom stereocenters. The molecule has 2 N–H and O–H groups in total. The fourth-order valence-corrected chi connectivity index (χ4v) is 1.95. The van der Waals surface area contributed by atoms with E-state index in [0.29, 0.717) is 12.0 Å². The summed E-state index contributed by atoms with van der Waals surface area (Å²) in [6.45, 7) is 4.05. The molecule has 0 saturated heterocycles. The Labute approximate surface area is 102 Å². The van der Waals surface area contributed by atoms with Gasteiger partial charge in [-0.1, -0.05) is 5.16 Å². The van der Waals surface area contributed by atoms with Crippen molar-refractivity contribution in [3.8, 4) is 0 Å². The number of aromatic nitrogens is 1. The third-order valence-electron chi connectivity index (χ3n) is 3.48. The van der Waals surface area contributed by atoms with Gasteiger partial charge in [-0.15, -0.1) is 0 Å². The number of hydrogen-bond donors (Lipinski definition) is 2. The fraction of sp³-hybridized carbons (Fsp3) is 0.769. The van der Waals surface area contributed by atoms with E-state index in [1.165, 1.54) is 25.7 Å². The predicted octanol–water partition coefficient (Wildman–Crippen LogP) is 1.78. The number of nitrogens with zero attached hydrogens (tertiary/aromatic N) is 1. The first-order chi connectivity index (χ1) is 8.31. The molecule has 3 rings (SSSR count). The molecule has 1 aromatic heterocycles. The third kappa shape index (κ3) is 3.30. The lowest BCUT2D eigenvalue weighted by Crippen LogP contribution is -2.36. The highest BCUT2D eigenvalue weighted by Crippen LogP contribution is 2.40. The minimum absolute atomic E-state index is 0.483. The highest BCUT2D eigenvalue weighted by molar-refractivity contribution is 5.14. The van der Waals surface area contributed by atoms with Crippen molar-refractivity contribution in [1.29, 1.82) is 0 Å². The molecule has 0 spiro atoms. The van der Waals surface area contributed by atoms with Gasteiger partial charge in [-0.3, -0.25) is 0 Å². The van der Waals surface area contributed by atoms with Crippen LogP contribution >= 0.6 is 0 Å². The molecule has 1 unspecified atom stereocenters. The summed E-state index contributed by atoms with van der Waals surface area (Å²) in [5.74, 6) is 1.73. The predicted molar refractivity (Wildman–Crippen MR) is 65.8 cm³/mol. The van der Waals surface area contributed by atoms with Crippen molar-refractivity contribution < 1.29 is 4.52 Å². The first-order valence-electron chi connectivity index (χ1n) is 6.73. The zero-order valence-electron chi connectivity index (χ0n) is 10.4. The fourth-order valence-electron chi connectivity index (χ4n) is 1.95. The summed E-state index contributed by atoms with van der Waals surface area (Å²) >= 11 is 0. The molecule has 2 aliphatic rings. The van der Waals surface area contributed by atoms with Crippen molar-refractivity contribution in [3.63, 3.8) is 0 Å². The van der Waals surface area contributed by atoms with E-state index in [9.17, 15) is 0 Å². The van der Waals surface area contributed by atoms with Gasteiger partial charge in [0, 0.05) is 37.2 Å². The molecule has 1 aromatic rings. The van der Waals surface area contributed by atoms with Crippen molar-refractivity contribution in [2.45, 2.75) is 57.2 Å². The van der Waals surface area contributed by atoms with Crippen LogP contribution in [0.4, 0.5) is 0 Å². The quantitative estimate of drug-likeness (QED) is 0.756. The Kier molecular flexibility index (Phi) is 3.16. The van der Waals surface area contributed by atoms with Gasteiger partial charge in [0.25, 0.3) is 0 Å². The second kappa shape index (κ2) is 4.78. The van der Waals surface area contributed by atoms with Gasteiger partial charge in [-0.25, -0.2) is 0 Å². The van der Waals surface area contributed by atoms with Gasteiger partial charge < -0.3 is 15.2 Å². The lowest BCUT2D eigenvalue weighted by atomic mass is 10.2. The van der Waals surface area contributed by atoms with Crippen LogP contribution in [0.2, 0.25) is 0 Å². The molecule has 4 heteroatoms. The second-order valence-corrected chi connectivity index (χ2v) is 5.46. The van der Waals surface area contributed by atoms with Crippen LogP contribution in [0.1, 0.15) is 50.0 Å². The highest BCUT2D eigenvalue weighted by atomic mass is 16.5. The Morgan fingerprint density at radius 1 is 1.41 bits per heavy atom. The van der Waals surface area contributed by atoms with Crippen LogP contribution in [-0.4, -0.2) is 23.8 Å². The lowest BCUT2D eigenvalue weighted by molar-refractivity contribution is 0.374. The van der Waals surface area contributed by atoms with Gasteiger partial charge >= 0.3 is 0 Å². The number of hydrogen-bond acceptors (Lipinski definition) is 4. The van der Waals surface area contributed by atoms with E-state index in [1.807, 2.05) is 0 Å². The van der Waals surface area contributed by atoms with Gasteiger partial charge in [0.2, 0.25) is 0 Å². The van der Waals surface area contributed by atoms with Crippen LogP contribution in [0, 0.1) is 0 Å². The van der Waals surface area contributed by atoms with Gasteiger partial charge in [-0.05, 0) is 32.6 Å². The van der Waals surface area contributed by atoms with Crippen LogP contribution in [0.15, 0.2) is 10.6 Å². The highest BCUT2D eigenvalue weighted by Gasteiger charge is 2.27. The summed E-state index contributed by atoms with van der Waals surface area (Å²) < 4.78 is 5.32. The number of nitrogens with one attached hydrogen (secondary N) is 2. The summed E-state index contributed by atoms with van der Waals surface area (Å²) in [5.41, 5.74) is 1.03. The van der Waals surface area contributed by atoms with E-state index in [0.717, 1.165) is 30.6 Å². The van der Waals surface area contributed by atoms with Crippen molar-refractivity contribution in [2.24, 2.45) is 0 Å². The molecule has 0 radical (unpaired) electrons. The van der Waals surface area contributed by atoms with E-state index in [4.69, 9.17) is 4.52 Å². The summed E-state index contributed by atoms with van der Waals surface area (Å²) in [4.78, 5) is 0. The van der Waals surface area contributed by atoms with Gasteiger partial charge in [-0.2, -0.15) is 0 Å². The molecular formula is C13H21N3O. The van der Waals surface area contributed by atoms with Crippen LogP contribution in [0.25, 0.3) is 0 Å². The molecule has 0 aliphatic heterocycles. The van der Waals surface area contributed by atoms with Gasteiger partial charge in [0.05, 0.1) is 5.69 Å². The summed E-state index contributed by atoms with van der Waals surface area (Å²) in [6.07, 6.45) is 5.23. The van der Waals surface area contributed by atoms with Crippen LogP contribution in [0.3, 0.4) is 0 Å². The second-order valence-electron chi connectivity index (χ2n) is 5.46. The molecule has 2 saturated carbocycles. The van der Waals surface area contributed by atoms with Crippen LogP contribution in [-0.2, 0) is 6.54 Å². The standard InChI is InChI=1S/C13H21N3O/c1-9(7-15-11-4-5-11)14-8-12-6-13(17-16-12)10-2-3-10/h6,9-11,14-15H,2-5,7-8H2,1H3. The van der Waals surface area contributed by atoms with E-state index in [2.05, 4.69) is 28.8 Å². The average molecular weight is 235 g/mol. The van der Waals surface area contributed by atoms with Crippen molar-refractivity contribution in [3.05, 3.63) is 17.5 Å². The SMILES string of the molecule is CC(CNC1CC1)NCc1cc(C2CC2)on1. The summed E-state index contributed by atoms with van der Waals surface area (Å²) in [5, 5.41) is 11.1. The van der Waals surface area contributed by atoms with Crippen LogP contribution < -0.4 is 10.6 Å². The van der Waals surface area contributed by atoms with E-state index in [1.54, 1.807) is 0 Å². The minimum atomic E-state index is 0.483. The topological polar surface area (TPSA) is 50.1 Å². The van der Waals surface area contributed by atoms with E-state index < -0.39 is 0 Å². The molecule has 0 bridgehead atoms. The molecular weight excluding hydrogens is 214 g/mol. The van der Waals surface area contributed by atoms with E-state index >= 15 is 0 Å². The minimum Gasteiger partial charge on any atom is -0.361 e. The van der Waals surface area contributed by atoms with Crippen molar-refractivity contribution in [1.82, 2.24) is 15.8 Å². The summed E-state index contributed by atoms with van der Waals surface area (Å²) in [6, 6.07) is 3.37. The largest absolute Gasteiger partial charge is 0.361 e. The first kappa shape index (κ1) is 11.2. The Hall–Kier alpha value is -0.870. The molecule has 4 nitrogen and oxygen atoms in total. The molecule has 2 aliphatic carbocycles. The molecule has 2 fully saturated rings. The Morgan fingerprint density at radius 3 is 2.94 bits per heavy atom. The number of rotatable bonds is 7. The maximum Gasteiger partial charge on any atom is 0.140 e. The maximum atomic E-state index is 5.32.